The lowest BCUT2D eigenvalue weighted by Crippen LogP contribution is -2.31. The quantitative estimate of drug-likeness (QED) is 0.658. The van der Waals surface area contributed by atoms with Crippen molar-refractivity contribution in [2.45, 2.75) is 18.8 Å². The molecule has 1 fully saturated rings. The van der Waals surface area contributed by atoms with Crippen LogP contribution in [0.1, 0.15) is 24.3 Å². The van der Waals surface area contributed by atoms with Gasteiger partial charge in [-0.3, -0.25) is 0 Å². The molecule has 0 atom stereocenters. The first kappa shape index (κ1) is 11.9. The lowest BCUT2D eigenvalue weighted by molar-refractivity contribution is 0.425. The second-order valence-corrected chi connectivity index (χ2v) is 4.59. The Balaban J connectivity index is 2.27. The molecule has 1 aromatic rings. The molecule has 1 heterocycles. The Morgan fingerprint density at radius 1 is 1.25 bits per heavy atom. The van der Waals surface area contributed by atoms with Gasteiger partial charge >= 0.3 is 7.12 Å². The standard InChI is InChI=1S/C11H15BClNO2/c13-11-2-1-9(12(15)16)7-10(11)8-3-5-14-6-4-8/h1-2,7-8,14-16H,3-6H2. The van der Waals surface area contributed by atoms with Crippen LogP contribution in [0.3, 0.4) is 0 Å². The zero-order valence-electron chi connectivity index (χ0n) is 8.99. The number of hydrogen-bond acceptors (Lipinski definition) is 3. The Hall–Kier alpha value is -0.545. The molecule has 86 valence electrons. The van der Waals surface area contributed by atoms with E-state index in [-0.39, 0.29) is 0 Å². The summed E-state index contributed by atoms with van der Waals surface area (Å²) < 4.78 is 0. The van der Waals surface area contributed by atoms with E-state index in [4.69, 9.17) is 21.6 Å². The van der Waals surface area contributed by atoms with Crippen molar-refractivity contribution in [3.63, 3.8) is 0 Å². The molecule has 0 saturated carbocycles. The number of nitrogens with one attached hydrogen (secondary N) is 1. The Kier molecular flexibility index (Phi) is 3.87. The van der Waals surface area contributed by atoms with E-state index in [0.29, 0.717) is 11.4 Å². The minimum Gasteiger partial charge on any atom is -0.423 e. The van der Waals surface area contributed by atoms with Crippen molar-refractivity contribution < 1.29 is 10.0 Å². The molecule has 16 heavy (non-hydrogen) atoms. The molecular weight excluding hydrogens is 224 g/mol. The monoisotopic (exact) mass is 239 g/mol. The first-order chi connectivity index (χ1) is 7.68. The molecule has 1 aliphatic rings. The largest absolute Gasteiger partial charge is 0.488 e. The second-order valence-electron chi connectivity index (χ2n) is 4.18. The highest BCUT2D eigenvalue weighted by Gasteiger charge is 2.20. The van der Waals surface area contributed by atoms with Crippen molar-refractivity contribution in [2.24, 2.45) is 0 Å². The molecule has 0 spiro atoms. The van der Waals surface area contributed by atoms with Gasteiger partial charge in [0.2, 0.25) is 0 Å². The molecule has 5 heteroatoms. The molecule has 3 nitrogen and oxygen atoms in total. The van der Waals surface area contributed by atoms with Crippen molar-refractivity contribution in [3.8, 4) is 0 Å². The van der Waals surface area contributed by atoms with Gasteiger partial charge in [0.15, 0.2) is 0 Å². The summed E-state index contributed by atoms with van der Waals surface area (Å²) in [5, 5.41) is 22.3. The highest BCUT2D eigenvalue weighted by molar-refractivity contribution is 6.58. The lowest BCUT2D eigenvalue weighted by atomic mass is 9.77. The van der Waals surface area contributed by atoms with E-state index in [9.17, 15) is 0 Å². The summed E-state index contributed by atoms with van der Waals surface area (Å²) in [6.45, 7) is 1.99. The smallest absolute Gasteiger partial charge is 0.423 e. The second kappa shape index (κ2) is 5.19. The molecule has 0 bridgehead atoms. The van der Waals surface area contributed by atoms with Crippen molar-refractivity contribution in [1.82, 2.24) is 5.32 Å². The zero-order chi connectivity index (χ0) is 11.5. The van der Waals surface area contributed by atoms with Crippen LogP contribution in [0, 0.1) is 0 Å². The number of piperidine rings is 1. The molecule has 0 radical (unpaired) electrons. The molecule has 0 unspecified atom stereocenters. The predicted octanol–water partition coefficient (Wildman–Crippen LogP) is 0.487. The van der Waals surface area contributed by atoms with Crippen LogP contribution >= 0.6 is 11.6 Å². The zero-order valence-corrected chi connectivity index (χ0v) is 9.74. The number of rotatable bonds is 2. The van der Waals surface area contributed by atoms with Crippen LogP contribution in [0.15, 0.2) is 18.2 Å². The van der Waals surface area contributed by atoms with Gasteiger partial charge in [0.05, 0.1) is 0 Å². The summed E-state index contributed by atoms with van der Waals surface area (Å²) in [5.74, 6) is 0.424. The summed E-state index contributed by atoms with van der Waals surface area (Å²) in [7, 11) is -1.42. The molecule has 1 aromatic carbocycles. The predicted molar refractivity (Wildman–Crippen MR) is 66.1 cm³/mol. The van der Waals surface area contributed by atoms with Gasteiger partial charge < -0.3 is 15.4 Å². The fourth-order valence-electron chi connectivity index (χ4n) is 2.17. The van der Waals surface area contributed by atoms with Gasteiger partial charge in [0, 0.05) is 5.02 Å². The van der Waals surface area contributed by atoms with E-state index >= 15 is 0 Å². The normalized spacial score (nSPS) is 17.4. The number of hydrogen-bond donors (Lipinski definition) is 3. The third-order valence-electron chi connectivity index (χ3n) is 3.10. The Morgan fingerprint density at radius 3 is 2.56 bits per heavy atom. The van der Waals surface area contributed by atoms with Gasteiger partial charge in [-0.25, -0.2) is 0 Å². The molecule has 1 saturated heterocycles. The van der Waals surface area contributed by atoms with Crippen molar-refractivity contribution in [2.75, 3.05) is 13.1 Å². The fraction of sp³-hybridized carbons (Fsp3) is 0.455. The van der Waals surface area contributed by atoms with E-state index in [1.54, 1.807) is 12.1 Å². The summed E-state index contributed by atoms with van der Waals surface area (Å²) in [6, 6.07) is 5.20. The van der Waals surface area contributed by atoms with E-state index < -0.39 is 7.12 Å². The first-order valence-corrected chi connectivity index (χ1v) is 5.92. The van der Waals surface area contributed by atoms with E-state index in [1.165, 1.54) is 0 Å². The highest BCUT2D eigenvalue weighted by atomic mass is 35.5. The minimum atomic E-state index is -1.42. The number of halogens is 1. The van der Waals surface area contributed by atoms with E-state index in [1.807, 2.05) is 6.07 Å². The van der Waals surface area contributed by atoms with Crippen LogP contribution in [0.2, 0.25) is 5.02 Å². The van der Waals surface area contributed by atoms with E-state index in [0.717, 1.165) is 36.5 Å². The maximum atomic E-state index is 9.14. The van der Waals surface area contributed by atoms with Gasteiger partial charge in [-0.2, -0.15) is 0 Å². The van der Waals surface area contributed by atoms with Crippen LogP contribution < -0.4 is 10.8 Å². The van der Waals surface area contributed by atoms with Crippen LogP contribution in [-0.4, -0.2) is 30.3 Å². The average molecular weight is 240 g/mol. The number of benzene rings is 1. The van der Waals surface area contributed by atoms with Crippen LogP contribution in [0.5, 0.6) is 0 Å². The van der Waals surface area contributed by atoms with Crippen LogP contribution in [0.25, 0.3) is 0 Å². The van der Waals surface area contributed by atoms with Crippen molar-refractivity contribution in [3.05, 3.63) is 28.8 Å². The maximum absolute atomic E-state index is 9.14. The summed E-state index contributed by atoms with van der Waals surface area (Å²) in [6.07, 6.45) is 2.09. The van der Waals surface area contributed by atoms with Gasteiger partial charge in [-0.05, 0) is 48.9 Å². The van der Waals surface area contributed by atoms with Gasteiger partial charge in [-0.15, -0.1) is 0 Å². The third kappa shape index (κ3) is 2.58. The topological polar surface area (TPSA) is 52.5 Å². The Morgan fingerprint density at radius 2 is 1.94 bits per heavy atom. The molecule has 0 aromatic heterocycles. The lowest BCUT2D eigenvalue weighted by Gasteiger charge is -2.24. The van der Waals surface area contributed by atoms with Crippen molar-refractivity contribution >= 4 is 24.2 Å². The first-order valence-electron chi connectivity index (χ1n) is 5.54. The Bertz CT molecular complexity index is 367. The minimum absolute atomic E-state index is 0.424. The average Bonchev–Trinajstić information content (AvgIpc) is 2.30. The van der Waals surface area contributed by atoms with Gasteiger partial charge in [0.25, 0.3) is 0 Å². The molecule has 0 amide bonds. The van der Waals surface area contributed by atoms with Crippen LogP contribution in [-0.2, 0) is 0 Å². The Labute approximate surface area is 101 Å². The molecule has 0 aliphatic carbocycles. The van der Waals surface area contributed by atoms with Gasteiger partial charge in [-0.1, -0.05) is 23.7 Å². The SMILES string of the molecule is OB(O)c1ccc(Cl)c(C2CCNCC2)c1. The summed E-state index contributed by atoms with van der Waals surface area (Å²) in [4.78, 5) is 0. The third-order valence-corrected chi connectivity index (χ3v) is 3.44. The maximum Gasteiger partial charge on any atom is 0.488 e. The molecule has 2 rings (SSSR count). The molecular formula is C11H15BClNO2. The van der Waals surface area contributed by atoms with Gasteiger partial charge in [0.1, 0.15) is 0 Å². The van der Waals surface area contributed by atoms with E-state index in [2.05, 4.69) is 5.32 Å². The summed E-state index contributed by atoms with van der Waals surface area (Å²) in [5.41, 5.74) is 1.55. The molecule has 3 N–H and O–H groups in total. The van der Waals surface area contributed by atoms with Crippen LogP contribution in [0.4, 0.5) is 0 Å². The fourth-order valence-corrected chi connectivity index (χ4v) is 2.44. The highest BCUT2D eigenvalue weighted by Crippen LogP contribution is 2.30. The summed E-state index contributed by atoms with van der Waals surface area (Å²) >= 11 is 6.15. The molecule has 1 aliphatic heterocycles. The van der Waals surface area contributed by atoms with Crippen molar-refractivity contribution in [1.29, 1.82) is 0 Å².